The van der Waals surface area contributed by atoms with E-state index in [1.807, 2.05) is 18.2 Å². The molecule has 0 saturated heterocycles. The van der Waals surface area contributed by atoms with Crippen LogP contribution in [0.3, 0.4) is 0 Å². The Kier molecular flexibility index (Phi) is 11.3. The van der Waals surface area contributed by atoms with Gasteiger partial charge in [0.2, 0.25) is 0 Å². The van der Waals surface area contributed by atoms with Crippen molar-refractivity contribution in [3.8, 4) is 0 Å². The molecule has 0 amide bonds. The van der Waals surface area contributed by atoms with Crippen molar-refractivity contribution in [3.05, 3.63) is 40.7 Å². The second kappa shape index (κ2) is 13.4. The molecule has 0 aliphatic heterocycles. The Morgan fingerprint density at radius 1 is 1.17 bits per heavy atom. The monoisotopic (exact) mass is 562 g/mol. The predicted octanol–water partition coefficient (Wildman–Crippen LogP) is 4.73. The summed E-state index contributed by atoms with van der Waals surface area (Å²) < 4.78 is 2.38. The van der Waals surface area contributed by atoms with Gasteiger partial charge in [0, 0.05) is 37.6 Å². The lowest BCUT2D eigenvalue weighted by atomic mass is 10.1. The van der Waals surface area contributed by atoms with Gasteiger partial charge in [0.15, 0.2) is 11.1 Å². The molecular weight excluding hydrogens is 531 g/mol. The summed E-state index contributed by atoms with van der Waals surface area (Å²) in [6.07, 6.45) is 9.99. The Balaban J connectivity index is 0.00000320. The number of hydrogen-bond donors (Lipinski definition) is 2. The van der Waals surface area contributed by atoms with Crippen LogP contribution < -0.4 is 10.6 Å². The Morgan fingerprint density at radius 2 is 1.90 bits per heavy atom. The molecule has 2 N–H and O–H groups in total. The smallest absolute Gasteiger partial charge is 0.191 e. The van der Waals surface area contributed by atoms with Crippen LogP contribution in [0.15, 0.2) is 34.4 Å². The van der Waals surface area contributed by atoms with E-state index in [2.05, 4.69) is 42.7 Å². The highest BCUT2D eigenvalue weighted by Gasteiger charge is 2.23. The first-order chi connectivity index (χ1) is 14.2. The molecule has 30 heavy (non-hydrogen) atoms. The number of guanidine groups is 1. The SMILES string of the molecule is CN=C(NCCCc1nnc(SC)n1C1CCCC1)NCCc1ccccc1Cl.I. The number of nitrogens with one attached hydrogen (secondary N) is 2. The van der Waals surface area contributed by atoms with Gasteiger partial charge >= 0.3 is 0 Å². The molecule has 1 fully saturated rings. The second-order valence-corrected chi connectivity index (χ2v) is 8.46. The molecular formula is C21H32ClIN6S. The van der Waals surface area contributed by atoms with Crippen molar-refractivity contribution in [2.45, 2.75) is 56.1 Å². The third kappa shape index (κ3) is 7.02. The molecule has 1 aliphatic carbocycles. The van der Waals surface area contributed by atoms with Gasteiger partial charge in [-0.25, -0.2) is 0 Å². The van der Waals surface area contributed by atoms with Crippen molar-refractivity contribution < 1.29 is 0 Å². The van der Waals surface area contributed by atoms with E-state index in [0.29, 0.717) is 6.04 Å². The van der Waals surface area contributed by atoms with Gasteiger partial charge < -0.3 is 15.2 Å². The van der Waals surface area contributed by atoms with E-state index in [0.717, 1.165) is 59.9 Å². The number of thioether (sulfide) groups is 1. The van der Waals surface area contributed by atoms with Gasteiger partial charge in [-0.2, -0.15) is 0 Å². The van der Waals surface area contributed by atoms with E-state index >= 15 is 0 Å². The lowest BCUT2D eigenvalue weighted by Gasteiger charge is -2.16. The summed E-state index contributed by atoms with van der Waals surface area (Å²) in [6, 6.07) is 8.53. The van der Waals surface area contributed by atoms with Crippen LogP contribution in [-0.4, -0.2) is 47.1 Å². The van der Waals surface area contributed by atoms with Gasteiger partial charge in [-0.15, -0.1) is 34.2 Å². The lowest BCUT2D eigenvalue weighted by molar-refractivity contribution is 0.460. The zero-order valence-electron chi connectivity index (χ0n) is 17.7. The minimum absolute atomic E-state index is 0. The summed E-state index contributed by atoms with van der Waals surface area (Å²) in [5, 5.41) is 17.5. The molecule has 166 valence electrons. The number of hydrogen-bond acceptors (Lipinski definition) is 4. The number of benzene rings is 1. The zero-order valence-corrected chi connectivity index (χ0v) is 21.6. The average molecular weight is 563 g/mol. The normalized spacial score (nSPS) is 14.6. The van der Waals surface area contributed by atoms with Crippen molar-refractivity contribution in [1.29, 1.82) is 0 Å². The van der Waals surface area contributed by atoms with Crippen LogP contribution in [0.4, 0.5) is 0 Å². The molecule has 1 aromatic heterocycles. The standard InChI is InChI=1S/C21H31ClN6S.HI/c1-23-20(25-15-13-16-8-3-6-11-18(16)22)24-14-7-12-19-26-27-21(29-2)28(19)17-9-4-5-10-17;/h3,6,8,11,17H,4-5,7,9-10,12-15H2,1-2H3,(H2,23,24,25);1H. The summed E-state index contributed by atoms with van der Waals surface area (Å²) in [4.78, 5) is 4.31. The topological polar surface area (TPSA) is 67.1 Å². The number of halogens is 2. The van der Waals surface area contributed by atoms with Gasteiger partial charge in [-0.05, 0) is 43.6 Å². The molecule has 0 radical (unpaired) electrons. The van der Waals surface area contributed by atoms with Crippen LogP contribution in [0.2, 0.25) is 5.02 Å². The van der Waals surface area contributed by atoms with Gasteiger partial charge in [0.1, 0.15) is 5.82 Å². The highest BCUT2D eigenvalue weighted by atomic mass is 127. The van der Waals surface area contributed by atoms with Crippen molar-refractivity contribution in [1.82, 2.24) is 25.4 Å². The Morgan fingerprint density at radius 3 is 2.60 bits per heavy atom. The van der Waals surface area contributed by atoms with Gasteiger partial charge in [0.05, 0.1) is 0 Å². The lowest BCUT2D eigenvalue weighted by Crippen LogP contribution is -2.38. The van der Waals surface area contributed by atoms with Gasteiger partial charge in [-0.1, -0.05) is 54.4 Å². The largest absolute Gasteiger partial charge is 0.356 e. The number of rotatable bonds is 9. The van der Waals surface area contributed by atoms with Gasteiger partial charge in [-0.3, -0.25) is 4.99 Å². The van der Waals surface area contributed by atoms with E-state index < -0.39 is 0 Å². The minimum Gasteiger partial charge on any atom is -0.356 e. The molecule has 1 aliphatic rings. The molecule has 0 spiro atoms. The van der Waals surface area contributed by atoms with Crippen LogP contribution in [0.25, 0.3) is 0 Å². The minimum atomic E-state index is 0. The fourth-order valence-corrected chi connectivity index (χ4v) is 4.64. The fourth-order valence-electron chi connectivity index (χ4n) is 3.84. The summed E-state index contributed by atoms with van der Waals surface area (Å²) >= 11 is 7.91. The maximum atomic E-state index is 6.22. The molecule has 9 heteroatoms. The number of nitrogens with zero attached hydrogens (tertiary/aromatic N) is 4. The molecule has 0 bridgehead atoms. The molecule has 1 saturated carbocycles. The van der Waals surface area contributed by atoms with Crippen molar-refractivity contribution in [2.24, 2.45) is 4.99 Å². The molecule has 3 rings (SSSR count). The van der Waals surface area contributed by atoms with Gasteiger partial charge in [0.25, 0.3) is 0 Å². The van der Waals surface area contributed by atoms with Crippen LogP contribution in [0, 0.1) is 0 Å². The average Bonchev–Trinajstić information content (AvgIpc) is 3.40. The van der Waals surface area contributed by atoms with Crippen molar-refractivity contribution in [3.63, 3.8) is 0 Å². The maximum absolute atomic E-state index is 6.22. The summed E-state index contributed by atoms with van der Waals surface area (Å²) in [6.45, 7) is 1.63. The maximum Gasteiger partial charge on any atom is 0.191 e. The number of aliphatic imine (C=N–C) groups is 1. The molecule has 2 aromatic rings. The number of aromatic nitrogens is 3. The molecule has 6 nitrogen and oxygen atoms in total. The zero-order chi connectivity index (χ0) is 20.5. The second-order valence-electron chi connectivity index (χ2n) is 7.28. The first kappa shape index (κ1) is 25.3. The number of aryl methyl sites for hydroxylation is 1. The molecule has 1 aromatic carbocycles. The first-order valence-electron chi connectivity index (χ1n) is 10.4. The quantitative estimate of drug-likeness (QED) is 0.152. The Hall–Kier alpha value is -1.000. The van der Waals surface area contributed by atoms with Crippen LogP contribution in [-0.2, 0) is 12.8 Å². The third-order valence-corrected chi connectivity index (χ3v) is 6.36. The molecule has 0 atom stereocenters. The highest BCUT2D eigenvalue weighted by molar-refractivity contribution is 14.0. The Bertz CT molecular complexity index is 807. The van der Waals surface area contributed by atoms with Crippen molar-refractivity contribution in [2.75, 3.05) is 26.4 Å². The fraction of sp³-hybridized carbons (Fsp3) is 0.571. The Labute approximate surface area is 206 Å². The van der Waals surface area contributed by atoms with Crippen LogP contribution in [0.1, 0.15) is 49.5 Å². The first-order valence-corrected chi connectivity index (χ1v) is 12.0. The van der Waals surface area contributed by atoms with E-state index in [9.17, 15) is 0 Å². The van der Waals surface area contributed by atoms with E-state index in [-0.39, 0.29) is 24.0 Å². The van der Waals surface area contributed by atoms with E-state index in [1.165, 1.54) is 25.7 Å². The van der Waals surface area contributed by atoms with E-state index in [1.54, 1.807) is 18.8 Å². The highest BCUT2D eigenvalue weighted by Crippen LogP contribution is 2.33. The van der Waals surface area contributed by atoms with Crippen molar-refractivity contribution >= 4 is 53.3 Å². The summed E-state index contributed by atoms with van der Waals surface area (Å²) in [5.74, 6) is 1.93. The third-order valence-electron chi connectivity index (χ3n) is 5.35. The molecule has 1 heterocycles. The van der Waals surface area contributed by atoms with Crippen LogP contribution in [0.5, 0.6) is 0 Å². The summed E-state index contributed by atoms with van der Waals surface area (Å²) in [5.41, 5.74) is 1.15. The summed E-state index contributed by atoms with van der Waals surface area (Å²) in [7, 11) is 1.80. The van der Waals surface area contributed by atoms with E-state index in [4.69, 9.17) is 11.6 Å². The molecule has 0 unspecified atom stereocenters. The van der Waals surface area contributed by atoms with Crippen LogP contribution >= 0.6 is 47.3 Å². The predicted molar refractivity (Wildman–Crippen MR) is 138 cm³/mol.